The number of hydrogen-bond acceptors (Lipinski definition) is 6. The molecule has 1 N–H and O–H groups in total. The van der Waals surface area contributed by atoms with Crippen LogP contribution in [0, 0.1) is 0 Å². The van der Waals surface area contributed by atoms with Gasteiger partial charge in [0.05, 0.1) is 18.7 Å². The van der Waals surface area contributed by atoms with E-state index in [-0.39, 0.29) is 0 Å². The molecular formula is C20H21ClN2O5. The molecule has 148 valence electrons. The van der Waals surface area contributed by atoms with Crippen molar-refractivity contribution in [3.63, 3.8) is 0 Å². The first-order valence-electron chi connectivity index (χ1n) is 8.55. The Morgan fingerprint density at radius 3 is 2.68 bits per heavy atom. The molecule has 0 fully saturated rings. The number of amides is 1. The second-order valence-corrected chi connectivity index (χ2v) is 6.04. The Bertz CT molecular complexity index is 852. The molecule has 8 heteroatoms. The monoisotopic (exact) mass is 404 g/mol. The van der Waals surface area contributed by atoms with E-state index in [1.54, 1.807) is 36.4 Å². The van der Waals surface area contributed by atoms with Crippen LogP contribution in [0.15, 0.2) is 42.6 Å². The van der Waals surface area contributed by atoms with E-state index in [4.69, 9.17) is 25.8 Å². The number of rotatable bonds is 8. The van der Waals surface area contributed by atoms with Gasteiger partial charge in [0, 0.05) is 12.3 Å². The van der Waals surface area contributed by atoms with E-state index < -0.39 is 18.0 Å². The van der Waals surface area contributed by atoms with E-state index in [0.29, 0.717) is 28.9 Å². The lowest BCUT2D eigenvalue weighted by Gasteiger charge is -2.12. The molecule has 1 heterocycles. The van der Waals surface area contributed by atoms with Crippen molar-refractivity contribution >= 4 is 35.4 Å². The summed E-state index contributed by atoms with van der Waals surface area (Å²) in [6.45, 7) is 3.86. The molecular weight excluding hydrogens is 384 g/mol. The highest BCUT2D eigenvalue weighted by Crippen LogP contribution is 2.28. The van der Waals surface area contributed by atoms with Crippen LogP contribution in [0.5, 0.6) is 11.5 Å². The van der Waals surface area contributed by atoms with E-state index >= 15 is 0 Å². The summed E-state index contributed by atoms with van der Waals surface area (Å²) in [5.41, 5.74) is 0.722. The number of ether oxygens (including phenoxy) is 3. The molecule has 0 saturated carbocycles. The third-order valence-corrected chi connectivity index (χ3v) is 3.76. The Kier molecular flexibility index (Phi) is 7.83. The average molecular weight is 405 g/mol. The molecule has 0 aliphatic rings. The van der Waals surface area contributed by atoms with Crippen LogP contribution >= 0.6 is 11.6 Å². The lowest BCUT2D eigenvalue weighted by molar-refractivity contribution is -0.148. The first-order valence-corrected chi connectivity index (χ1v) is 8.92. The fourth-order valence-corrected chi connectivity index (χ4v) is 2.28. The number of halogens is 1. The van der Waals surface area contributed by atoms with Gasteiger partial charge in [-0.2, -0.15) is 0 Å². The SMILES string of the molecule is CCOc1ccc(/C=C\C(=O)O[C@@H](C)C(=O)Nc2ccc(Cl)cn2)cc1OC. The standard InChI is InChI=1S/C20H21ClN2O5/c1-4-27-16-8-5-14(11-17(16)26-3)6-10-19(24)28-13(2)20(25)23-18-9-7-15(21)12-22-18/h5-13H,4H2,1-3H3,(H,22,23,25)/b10-6-/t13-/m0/s1. The number of benzene rings is 1. The van der Waals surface area contributed by atoms with Gasteiger partial charge in [-0.15, -0.1) is 0 Å². The summed E-state index contributed by atoms with van der Waals surface area (Å²) >= 11 is 5.74. The van der Waals surface area contributed by atoms with Crippen LogP contribution < -0.4 is 14.8 Å². The number of carbonyl (C=O) groups excluding carboxylic acids is 2. The molecule has 0 bridgehead atoms. The number of methoxy groups -OCH3 is 1. The summed E-state index contributed by atoms with van der Waals surface area (Å²) < 4.78 is 15.8. The van der Waals surface area contributed by atoms with Crippen molar-refractivity contribution in [3.05, 3.63) is 53.2 Å². The van der Waals surface area contributed by atoms with E-state index in [1.807, 2.05) is 6.92 Å². The fraction of sp³-hybridized carbons (Fsp3) is 0.250. The molecule has 0 unspecified atom stereocenters. The largest absolute Gasteiger partial charge is 0.493 e. The highest BCUT2D eigenvalue weighted by Gasteiger charge is 2.17. The molecule has 0 spiro atoms. The third-order valence-electron chi connectivity index (χ3n) is 3.54. The van der Waals surface area contributed by atoms with E-state index in [2.05, 4.69) is 10.3 Å². The van der Waals surface area contributed by atoms with Gasteiger partial charge in [-0.1, -0.05) is 17.7 Å². The summed E-state index contributed by atoms with van der Waals surface area (Å²) in [5, 5.41) is 2.99. The van der Waals surface area contributed by atoms with Gasteiger partial charge in [0.1, 0.15) is 5.82 Å². The maximum absolute atomic E-state index is 12.1. The topological polar surface area (TPSA) is 86.8 Å². The van der Waals surface area contributed by atoms with Gasteiger partial charge in [-0.05, 0) is 49.8 Å². The highest BCUT2D eigenvalue weighted by atomic mass is 35.5. The number of hydrogen-bond donors (Lipinski definition) is 1. The van der Waals surface area contributed by atoms with Gasteiger partial charge in [0.2, 0.25) is 0 Å². The van der Waals surface area contributed by atoms with E-state index in [0.717, 1.165) is 5.56 Å². The minimum absolute atomic E-state index is 0.314. The fourth-order valence-electron chi connectivity index (χ4n) is 2.17. The Morgan fingerprint density at radius 1 is 1.25 bits per heavy atom. The van der Waals surface area contributed by atoms with Crippen molar-refractivity contribution in [2.45, 2.75) is 20.0 Å². The molecule has 0 saturated heterocycles. The van der Waals surface area contributed by atoms with Gasteiger partial charge in [0.15, 0.2) is 17.6 Å². The van der Waals surface area contributed by atoms with Gasteiger partial charge in [0.25, 0.3) is 5.91 Å². The van der Waals surface area contributed by atoms with Crippen molar-refractivity contribution in [1.82, 2.24) is 4.98 Å². The Balaban J connectivity index is 1.93. The van der Waals surface area contributed by atoms with Crippen LogP contribution in [0.2, 0.25) is 5.02 Å². The van der Waals surface area contributed by atoms with Crippen LogP contribution in [0.1, 0.15) is 19.4 Å². The van der Waals surface area contributed by atoms with Crippen LogP contribution in [-0.2, 0) is 14.3 Å². The van der Waals surface area contributed by atoms with Crippen molar-refractivity contribution in [1.29, 1.82) is 0 Å². The maximum atomic E-state index is 12.1. The highest BCUT2D eigenvalue weighted by molar-refractivity contribution is 6.30. The molecule has 0 aliphatic carbocycles. The first kappa shape index (κ1) is 21.2. The minimum atomic E-state index is -0.996. The summed E-state index contributed by atoms with van der Waals surface area (Å²) in [6, 6.07) is 8.40. The lowest BCUT2D eigenvalue weighted by atomic mass is 10.2. The zero-order chi connectivity index (χ0) is 20.5. The Hall–Kier alpha value is -3.06. The van der Waals surface area contributed by atoms with E-state index in [1.165, 1.54) is 26.3 Å². The zero-order valence-electron chi connectivity index (χ0n) is 15.8. The maximum Gasteiger partial charge on any atom is 0.331 e. The average Bonchev–Trinajstić information content (AvgIpc) is 2.69. The molecule has 28 heavy (non-hydrogen) atoms. The molecule has 1 aromatic carbocycles. The zero-order valence-corrected chi connectivity index (χ0v) is 16.5. The number of pyridine rings is 1. The second-order valence-electron chi connectivity index (χ2n) is 5.61. The molecule has 1 atom stereocenters. The van der Waals surface area contributed by atoms with Gasteiger partial charge >= 0.3 is 5.97 Å². The summed E-state index contributed by atoms with van der Waals surface area (Å²) in [6.07, 6.45) is 3.21. The number of anilines is 1. The molecule has 1 aromatic heterocycles. The first-order chi connectivity index (χ1) is 13.4. The smallest absolute Gasteiger partial charge is 0.331 e. The number of esters is 1. The van der Waals surface area contributed by atoms with Crippen LogP contribution in [0.3, 0.4) is 0 Å². The molecule has 1 amide bonds. The molecule has 2 aromatic rings. The number of nitrogens with zero attached hydrogens (tertiary/aromatic N) is 1. The Labute approximate surface area is 168 Å². The predicted molar refractivity (Wildman–Crippen MR) is 107 cm³/mol. The van der Waals surface area contributed by atoms with Crippen molar-refractivity contribution < 1.29 is 23.8 Å². The van der Waals surface area contributed by atoms with E-state index in [9.17, 15) is 9.59 Å². The number of aromatic nitrogens is 1. The van der Waals surface area contributed by atoms with Crippen LogP contribution in [-0.4, -0.2) is 36.7 Å². The minimum Gasteiger partial charge on any atom is -0.493 e. The second kappa shape index (κ2) is 10.3. The number of nitrogens with one attached hydrogen (secondary N) is 1. The van der Waals surface area contributed by atoms with Gasteiger partial charge in [-0.25, -0.2) is 9.78 Å². The van der Waals surface area contributed by atoms with Crippen molar-refractivity contribution in [2.75, 3.05) is 19.0 Å². The predicted octanol–water partition coefficient (Wildman–Crippen LogP) is 3.73. The van der Waals surface area contributed by atoms with Gasteiger partial charge < -0.3 is 19.5 Å². The Morgan fingerprint density at radius 2 is 2.04 bits per heavy atom. The molecule has 0 radical (unpaired) electrons. The van der Waals surface area contributed by atoms with Crippen LogP contribution in [0.4, 0.5) is 5.82 Å². The number of carbonyl (C=O) groups is 2. The third kappa shape index (κ3) is 6.28. The normalized spacial score (nSPS) is 11.7. The quantitative estimate of drug-likeness (QED) is 0.533. The summed E-state index contributed by atoms with van der Waals surface area (Å²) in [7, 11) is 1.54. The summed E-state index contributed by atoms with van der Waals surface area (Å²) in [4.78, 5) is 28.0. The molecule has 7 nitrogen and oxygen atoms in total. The van der Waals surface area contributed by atoms with Crippen molar-refractivity contribution in [3.8, 4) is 11.5 Å². The lowest BCUT2D eigenvalue weighted by Crippen LogP contribution is -2.29. The summed E-state index contributed by atoms with van der Waals surface area (Å²) in [5.74, 6) is 0.333. The molecule has 0 aliphatic heterocycles. The van der Waals surface area contributed by atoms with Crippen LogP contribution in [0.25, 0.3) is 6.08 Å². The molecule has 2 rings (SSSR count). The van der Waals surface area contributed by atoms with Crippen molar-refractivity contribution in [2.24, 2.45) is 0 Å². The van der Waals surface area contributed by atoms with Gasteiger partial charge in [-0.3, -0.25) is 4.79 Å².